The lowest BCUT2D eigenvalue weighted by molar-refractivity contribution is -0.158. The molecule has 1 unspecified atom stereocenters. The highest BCUT2D eigenvalue weighted by Gasteiger charge is 2.49. The van der Waals surface area contributed by atoms with Crippen LogP contribution >= 0.6 is 0 Å². The van der Waals surface area contributed by atoms with Crippen LogP contribution in [0.4, 0.5) is 24.5 Å². The number of para-hydroxylation sites is 2. The first-order valence-electron chi connectivity index (χ1n) is 11.0. The van der Waals surface area contributed by atoms with Gasteiger partial charge in [-0.3, -0.25) is 24.3 Å². The number of halogens is 3. The number of benzene rings is 2. The van der Waals surface area contributed by atoms with Gasteiger partial charge in [0.1, 0.15) is 6.04 Å². The Bertz CT molecular complexity index is 1020. The predicted octanol–water partition coefficient (Wildman–Crippen LogP) is 3.42. The van der Waals surface area contributed by atoms with Crippen molar-refractivity contribution in [3.8, 4) is 0 Å². The van der Waals surface area contributed by atoms with Crippen molar-refractivity contribution in [2.45, 2.75) is 32.1 Å². The molecule has 4 rings (SSSR count). The molecule has 2 amide bonds. The molecule has 9 heteroatoms. The van der Waals surface area contributed by atoms with Crippen LogP contribution < -0.4 is 10.2 Å². The first-order chi connectivity index (χ1) is 15.7. The van der Waals surface area contributed by atoms with Gasteiger partial charge in [-0.05, 0) is 30.2 Å². The van der Waals surface area contributed by atoms with Gasteiger partial charge in [-0.15, -0.1) is 0 Å². The fraction of sp³-hybridized carbons (Fsp3) is 0.417. The minimum absolute atomic E-state index is 0.0777. The van der Waals surface area contributed by atoms with Crippen molar-refractivity contribution in [1.82, 2.24) is 9.80 Å². The van der Waals surface area contributed by atoms with E-state index in [4.69, 9.17) is 0 Å². The number of rotatable bonds is 4. The lowest BCUT2D eigenvalue weighted by Gasteiger charge is -2.37. The topological polar surface area (TPSA) is 55.9 Å². The highest BCUT2D eigenvalue weighted by atomic mass is 19.4. The zero-order valence-corrected chi connectivity index (χ0v) is 18.4. The Morgan fingerprint density at radius 1 is 1.00 bits per heavy atom. The predicted molar refractivity (Wildman–Crippen MR) is 120 cm³/mol. The number of hydrogen-bond acceptors (Lipinski definition) is 4. The molecule has 1 fully saturated rings. The van der Waals surface area contributed by atoms with Crippen molar-refractivity contribution in [3.05, 3.63) is 59.7 Å². The molecule has 0 aromatic heterocycles. The fourth-order valence-electron chi connectivity index (χ4n) is 4.40. The highest BCUT2D eigenvalue weighted by Crippen LogP contribution is 2.37. The first kappa shape index (κ1) is 23.3. The third kappa shape index (κ3) is 5.36. The quantitative estimate of drug-likeness (QED) is 0.760. The molecule has 33 heavy (non-hydrogen) atoms. The zero-order chi connectivity index (χ0) is 23.6. The van der Waals surface area contributed by atoms with Crippen molar-refractivity contribution in [2.75, 3.05) is 42.9 Å². The number of piperazine rings is 1. The van der Waals surface area contributed by atoms with Crippen molar-refractivity contribution < 1.29 is 22.8 Å². The van der Waals surface area contributed by atoms with Crippen LogP contribution in [-0.4, -0.2) is 66.6 Å². The van der Waals surface area contributed by atoms with Gasteiger partial charge in [0.15, 0.2) is 0 Å². The van der Waals surface area contributed by atoms with Gasteiger partial charge in [0.2, 0.25) is 11.8 Å². The zero-order valence-electron chi connectivity index (χ0n) is 18.4. The SMILES string of the molecule is Cc1ccccc1CN1CCN(CC(=O)N2c3ccccc3NC(=O)CC2C(F)(F)F)CC1. The number of aryl methyl sites for hydroxylation is 1. The van der Waals surface area contributed by atoms with Gasteiger partial charge in [-0.1, -0.05) is 36.4 Å². The van der Waals surface area contributed by atoms with E-state index in [9.17, 15) is 22.8 Å². The van der Waals surface area contributed by atoms with Crippen LogP contribution in [0.15, 0.2) is 48.5 Å². The highest BCUT2D eigenvalue weighted by molar-refractivity contribution is 6.05. The van der Waals surface area contributed by atoms with Gasteiger partial charge >= 0.3 is 6.18 Å². The van der Waals surface area contributed by atoms with Gasteiger partial charge in [0.05, 0.1) is 24.3 Å². The standard InChI is InChI=1S/C24H27F3N4O2/c1-17-6-2-3-7-18(17)15-29-10-12-30(13-11-29)16-23(33)31-20-9-5-4-8-19(20)28-22(32)14-21(31)24(25,26)27/h2-9,21H,10-16H2,1H3,(H,28,32). The van der Waals surface area contributed by atoms with Crippen LogP contribution in [-0.2, 0) is 16.1 Å². The fourth-order valence-corrected chi connectivity index (χ4v) is 4.40. The van der Waals surface area contributed by atoms with Gasteiger partial charge < -0.3 is 5.32 Å². The molecule has 2 aliphatic heterocycles. The Labute approximate surface area is 191 Å². The van der Waals surface area contributed by atoms with E-state index in [-0.39, 0.29) is 17.9 Å². The third-order valence-electron chi connectivity index (χ3n) is 6.25. The number of fused-ring (bicyclic) bond motifs is 1. The number of amides is 2. The second kappa shape index (κ2) is 9.52. The van der Waals surface area contributed by atoms with Crippen LogP contribution in [0, 0.1) is 6.92 Å². The van der Waals surface area contributed by atoms with Crippen LogP contribution in [0.3, 0.4) is 0 Å². The van der Waals surface area contributed by atoms with Crippen molar-refractivity contribution in [2.24, 2.45) is 0 Å². The number of carbonyl (C=O) groups is 2. The molecule has 1 atom stereocenters. The molecule has 2 aromatic rings. The molecule has 6 nitrogen and oxygen atoms in total. The number of hydrogen-bond donors (Lipinski definition) is 1. The summed E-state index contributed by atoms with van der Waals surface area (Å²) in [6.45, 7) is 5.36. The molecular weight excluding hydrogens is 433 g/mol. The summed E-state index contributed by atoms with van der Waals surface area (Å²) in [5.74, 6) is -1.42. The molecule has 0 aliphatic carbocycles. The second-order valence-electron chi connectivity index (χ2n) is 8.57. The van der Waals surface area contributed by atoms with Crippen molar-refractivity contribution in [3.63, 3.8) is 0 Å². The number of nitrogens with one attached hydrogen (secondary N) is 1. The smallest absolute Gasteiger partial charge is 0.324 e. The first-order valence-corrected chi connectivity index (χ1v) is 11.0. The Morgan fingerprint density at radius 3 is 2.33 bits per heavy atom. The third-order valence-corrected chi connectivity index (χ3v) is 6.25. The Morgan fingerprint density at radius 2 is 1.64 bits per heavy atom. The number of alkyl halides is 3. The molecule has 0 spiro atoms. The van der Waals surface area contributed by atoms with E-state index >= 15 is 0 Å². The summed E-state index contributed by atoms with van der Waals surface area (Å²) in [7, 11) is 0. The molecule has 0 saturated carbocycles. The summed E-state index contributed by atoms with van der Waals surface area (Å²) in [6, 6.07) is 12.1. The average molecular weight is 461 g/mol. The summed E-state index contributed by atoms with van der Waals surface area (Å²) in [4.78, 5) is 30.2. The number of anilines is 2. The number of nitrogens with zero attached hydrogens (tertiary/aromatic N) is 3. The molecule has 2 aromatic carbocycles. The summed E-state index contributed by atoms with van der Waals surface area (Å²) >= 11 is 0. The molecular formula is C24H27F3N4O2. The lowest BCUT2D eigenvalue weighted by Crippen LogP contribution is -2.54. The van der Waals surface area contributed by atoms with E-state index in [0.29, 0.717) is 13.1 Å². The largest absolute Gasteiger partial charge is 0.409 e. The molecule has 176 valence electrons. The molecule has 2 heterocycles. The molecule has 1 saturated heterocycles. The van der Waals surface area contributed by atoms with E-state index in [1.54, 1.807) is 12.1 Å². The van der Waals surface area contributed by atoms with E-state index < -0.39 is 30.5 Å². The molecule has 1 N–H and O–H groups in total. The maximum absolute atomic E-state index is 13.9. The Kier molecular flexibility index (Phi) is 6.71. The van der Waals surface area contributed by atoms with Crippen LogP contribution in [0.5, 0.6) is 0 Å². The van der Waals surface area contributed by atoms with Crippen LogP contribution in [0.2, 0.25) is 0 Å². The Balaban J connectivity index is 1.45. The van der Waals surface area contributed by atoms with E-state index in [2.05, 4.69) is 29.3 Å². The lowest BCUT2D eigenvalue weighted by atomic mass is 10.1. The maximum atomic E-state index is 13.9. The van der Waals surface area contributed by atoms with Gasteiger partial charge in [-0.2, -0.15) is 13.2 Å². The summed E-state index contributed by atoms with van der Waals surface area (Å²) in [5, 5.41) is 2.49. The van der Waals surface area contributed by atoms with Crippen LogP contribution in [0.1, 0.15) is 17.5 Å². The summed E-state index contributed by atoms with van der Waals surface area (Å²) in [6.07, 6.45) is -5.55. The van der Waals surface area contributed by atoms with Gasteiger partial charge in [0, 0.05) is 32.7 Å². The van der Waals surface area contributed by atoms with Crippen LogP contribution in [0.25, 0.3) is 0 Å². The minimum Gasteiger partial charge on any atom is -0.324 e. The Hall–Kier alpha value is -2.91. The minimum atomic E-state index is -4.73. The second-order valence-corrected chi connectivity index (χ2v) is 8.57. The van der Waals surface area contributed by atoms with Gasteiger partial charge in [0.25, 0.3) is 0 Å². The van der Waals surface area contributed by atoms with Crippen molar-refractivity contribution >= 4 is 23.2 Å². The van der Waals surface area contributed by atoms with E-state index in [0.717, 1.165) is 24.5 Å². The summed E-state index contributed by atoms with van der Waals surface area (Å²) in [5.41, 5.74) is 2.75. The van der Waals surface area contributed by atoms with E-state index in [1.165, 1.54) is 23.3 Å². The molecule has 0 radical (unpaired) electrons. The van der Waals surface area contributed by atoms with Crippen molar-refractivity contribution in [1.29, 1.82) is 0 Å². The normalized spacial score (nSPS) is 20.2. The molecule has 0 bridgehead atoms. The maximum Gasteiger partial charge on any atom is 0.409 e. The average Bonchev–Trinajstić information content (AvgIpc) is 2.92. The summed E-state index contributed by atoms with van der Waals surface area (Å²) < 4.78 is 41.6. The molecule has 2 aliphatic rings. The monoisotopic (exact) mass is 460 g/mol. The number of carbonyl (C=O) groups excluding carboxylic acids is 2. The van der Waals surface area contributed by atoms with E-state index in [1.807, 2.05) is 17.0 Å². The van der Waals surface area contributed by atoms with Gasteiger partial charge in [-0.25, -0.2) is 0 Å².